The third-order valence-corrected chi connectivity index (χ3v) is 6.48. The predicted octanol–water partition coefficient (Wildman–Crippen LogP) is 4.00. The standard InChI is InChI=1S/C25H24N4O3S/c1-28(17-21-16-26-29(19-21)18-20-8-4-2-5-9-20)25(30)22-12-14-24(15-13-22)33(31,32)27-23-10-6-3-7-11-23/h2-16,19,27H,17-18H2,1H3. The highest BCUT2D eigenvalue weighted by Crippen LogP contribution is 2.17. The van der Waals surface area contributed by atoms with Crippen LogP contribution in [0, 0.1) is 0 Å². The third kappa shape index (κ3) is 5.67. The molecule has 0 saturated heterocycles. The van der Waals surface area contributed by atoms with Gasteiger partial charge in [-0.3, -0.25) is 14.2 Å². The first-order valence-electron chi connectivity index (χ1n) is 10.4. The minimum absolute atomic E-state index is 0.0905. The SMILES string of the molecule is CN(Cc1cnn(Cc2ccccc2)c1)C(=O)c1ccc(S(=O)(=O)Nc2ccccc2)cc1. The van der Waals surface area contributed by atoms with Gasteiger partial charge in [-0.15, -0.1) is 0 Å². The Hall–Kier alpha value is -3.91. The van der Waals surface area contributed by atoms with Gasteiger partial charge < -0.3 is 4.90 Å². The predicted molar refractivity (Wildman–Crippen MR) is 127 cm³/mol. The van der Waals surface area contributed by atoms with Crippen LogP contribution in [0.2, 0.25) is 0 Å². The molecule has 0 unspecified atom stereocenters. The van der Waals surface area contributed by atoms with E-state index in [1.165, 1.54) is 24.3 Å². The van der Waals surface area contributed by atoms with Gasteiger partial charge in [0.15, 0.2) is 0 Å². The van der Waals surface area contributed by atoms with E-state index in [9.17, 15) is 13.2 Å². The molecule has 0 bridgehead atoms. The molecule has 1 amide bonds. The largest absolute Gasteiger partial charge is 0.337 e. The fourth-order valence-corrected chi connectivity index (χ4v) is 4.47. The maximum Gasteiger partial charge on any atom is 0.261 e. The van der Waals surface area contributed by atoms with Crippen molar-refractivity contribution < 1.29 is 13.2 Å². The highest BCUT2D eigenvalue weighted by atomic mass is 32.2. The van der Waals surface area contributed by atoms with Crippen LogP contribution in [0.25, 0.3) is 0 Å². The van der Waals surface area contributed by atoms with Crippen molar-refractivity contribution in [2.75, 3.05) is 11.8 Å². The minimum atomic E-state index is -3.73. The summed E-state index contributed by atoms with van der Waals surface area (Å²) in [6, 6.07) is 24.6. The molecule has 33 heavy (non-hydrogen) atoms. The number of carbonyl (C=O) groups excluding carboxylic acids is 1. The highest BCUT2D eigenvalue weighted by molar-refractivity contribution is 7.92. The second-order valence-electron chi connectivity index (χ2n) is 7.69. The highest BCUT2D eigenvalue weighted by Gasteiger charge is 2.17. The summed E-state index contributed by atoms with van der Waals surface area (Å²) in [5.74, 6) is -0.203. The van der Waals surface area contributed by atoms with Gasteiger partial charge in [0.25, 0.3) is 15.9 Å². The van der Waals surface area contributed by atoms with E-state index >= 15 is 0 Å². The van der Waals surface area contributed by atoms with Crippen LogP contribution in [-0.2, 0) is 23.1 Å². The molecule has 0 fully saturated rings. The van der Waals surface area contributed by atoms with Gasteiger partial charge in [0.2, 0.25) is 0 Å². The zero-order valence-corrected chi connectivity index (χ0v) is 18.9. The smallest absolute Gasteiger partial charge is 0.261 e. The summed E-state index contributed by atoms with van der Waals surface area (Å²) in [7, 11) is -2.03. The van der Waals surface area contributed by atoms with E-state index in [0.29, 0.717) is 24.3 Å². The summed E-state index contributed by atoms with van der Waals surface area (Å²) in [5.41, 5.74) is 2.94. The van der Waals surface area contributed by atoms with Gasteiger partial charge in [-0.1, -0.05) is 48.5 Å². The van der Waals surface area contributed by atoms with Crippen molar-refractivity contribution in [3.63, 3.8) is 0 Å². The lowest BCUT2D eigenvalue weighted by Crippen LogP contribution is -2.26. The first kappa shape index (κ1) is 22.3. The Morgan fingerprint density at radius 2 is 1.55 bits per heavy atom. The molecule has 8 heteroatoms. The normalized spacial score (nSPS) is 11.2. The Bertz CT molecular complexity index is 1320. The Labute approximate surface area is 193 Å². The Kier molecular flexibility index (Phi) is 6.55. The molecule has 1 heterocycles. The summed E-state index contributed by atoms with van der Waals surface area (Å²) in [5, 5.41) is 4.37. The van der Waals surface area contributed by atoms with Crippen molar-refractivity contribution in [3.05, 3.63) is 114 Å². The molecule has 1 aromatic heterocycles. The molecule has 3 aromatic carbocycles. The molecule has 0 atom stereocenters. The van der Waals surface area contributed by atoms with Gasteiger partial charge in [-0.25, -0.2) is 8.42 Å². The van der Waals surface area contributed by atoms with Gasteiger partial charge in [0, 0.05) is 36.6 Å². The molecule has 0 aliphatic rings. The zero-order chi connectivity index (χ0) is 23.3. The van der Waals surface area contributed by atoms with Crippen LogP contribution in [0.3, 0.4) is 0 Å². The van der Waals surface area contributed by atoms with Crippen molar-refractivity contribution in [1.82, 2.24) is 14.7 Å². The van der Waals surface area contributed by atoms with Crippen LogP contribution in [0.1, 0.15) is 21.5 Å². The Balaban J connectivity index is 1.39. The number of rotatable bonds is 8. The summed E-state index contributed by atoms with van der Waals surface area (Å²) in [6.07, 6.45) is 3.67. The molecule has 4 aromatic rings. The first-order valence-corrected chi connectivity index (χ1v) is 11.9. The van der Waals surface area contributed by atoms with E-state index in [1.807, 2.05) is 47.3 Å². The number of para-hydroxylation sites is 1. The Morgan fingerprint density at radius 3 is 2.21 bits per heavy atom. The van der Waals surface area contributed by atoms with Gasteiger partial charge >= 0.3 is 0 Å². The number of carbonyl (C=O) groups is 1. The fraction of sp³-hybridized carbons (Fsp3) is 0.120. The number of hydrogen-bond acceptors (Lipinski definition) is 4. The average Bonchev–Trinajstić information content (AvgIpc) is 3.26. The van der Waals surface area contributed by atoms with Crippen LogP contribution in [0.5, 0.6) is 0 Å². The van der Waals surface area contributed by atoms with Crippen LogP contribution in [-0.4, -0.2) is 36.1 Å². The molecule has 0 aliphatic carbocycles. The van der Waals surface area contributed by atoms with Crippen molar-refractivity contribution in [2.24, 2.45) is 0 Å². The maximum absolute atomic E-state index is 12.8. The van der Waals surface area contributed by atoms with Crippen molar-refractivity contribution >= 4 is 21.6 Å². The number of anilines is 1. The molecule has 1 N–H and O–H groups in total. The van der Waals surface area contributed by atoms with Crippen molar-refractivity contribution in [1.29, 1.82) is 0 Å². The maximum atomic E-state index is 12.8. The molecule has 0 aliphatic heterocycles. The van der Waals surface area contributed by atoms with Crippen LogP contribution < -0.4 is 4.72 Å². The van der Waals surface area contributed by atoms with Crippen LogP contribution >= 0.6 is 0 Å². The van der Waals surface area contributed by atoms with Crippen molar-refractivity contribution in [2.45, 2.75) is 18.0 Å². The van der Waals surface area contributed by atoms with E-state index in [-0.39, 0.29) is 10.8 Å². The van der Waals surface area contributed by atoms with Crippen molar-refractivity contribution in [3.8, 4) is 0 Å². The number of benzene rings is 3. The van der Waals surface area contributed by atoms with Gasteiger partial charge in [-0.2, -0.15) is 5.10 Å². The molecule has 0 saturated carbocycles. The van der Waals surface area contributed by atoms with E-state index in [0.717, 1.165) is 11.1 Å². The fourth-order valence-electron chi connectivity index (χ4n) is 3.41. The molecule has 0 radical (unpaired) electrons. The second kappa shape index (κ2) is 9.70. The second-order valence-corrected chi connectivity index (χ2v) is 9.37. The number of hydrogen-bond donors (Lipinski definition) is 1. The lowest BCUT2D eigenvalue weighted by Gasteiger charge is -2.16. The molecule has 0 spiro atoms. The molecular formula is C25H24N4O3S. The van der Waals surface area contributed by atoms with Gasteiger partial charge in [0.05, 0.1) is 17.6 Å². The summed E-state index contributed by atoms with van der Waals surface area (Å²) in [6.45, 7) is 1.05. The van der Waals surface area contributed by atoms with Gasteiger partial charge in [0.1, 0.15) is 0 Å². The summed E-state index contributed by atoms with van der Waals surface area (Å²) >= 11 is 0. The third-order valence-electron chi connectivity index (χ3n) is 5.08. The van der Waals surface area contributed by atoms with Gasteiger partial charge in [-0.05, 0) is 42.0 Å². The number of sulfonamides is 1. The monoisotopic (exact) mass is 460 g/mol. The molecule has 4 rings (SSSR count). The summed E-state index contributed by atoms with van der Waals surface area (Å²) in [4.78, 5) is 14.5. The van der Waals surface area contributed by atoms with Crippen LogP contribution in [0.4, 0.5) is 5.69 Å². The first-order chi connectivity index (χ1) is 15.9. The lowest BCUT2D eigenvalue weighted by atomic mass is 10.2. The lowest BCUT2D eigenvalue weighted by molar-refractivity contribution is 0.0785. The molecular weight excluding hydrogens is 436 g/mol. The topological polar surface area (TPSA) is 84.3 Å². The number of aromatic nitrogens is 2. The Morgan fingerprint density at radius 1 is 0.909 bits per heavy atom. The number of nitrogens with zero attached hydrogens (tertiary/aromatic N) is 3. The van der Waals surface area contributed by atoms with E-state index in [4.69, 9.17) is 0 Å². The molecule has 168 valence electrons. The van der Waals surface area contributed by atoms with E-state index in [1.54, 1.807) is 42.4 Å². The summed E-state index contributed by atoms with van der Waals surface area (Å²) < 4.78 is 29.5. The minimum Gasteiger partial charge on any atom is -0.337 e. The van der Waals surface area contributed by atoms with Crippen LogP contribution in [0.15, 0.2) is 102 Å². The number of nitrogens with one attached hydrogen (secondary N) is 1. The van der Waals surface area contributed by atoms with E-state index in [2.05, 4.69) is 9.82 Å². The number of amides is 1. The molecule has 7 nitrogen and oxygen atoms in total. The quantitative estimate of drug-likeness (QED) is 0.431. The zero-order valence-electron chi connectivity index (χ0n) is 18.1. The average molecular weight is 461 g/mol. The van der Waals surface area contributed by atoms with E-state index < -0.39 is 10.0 Å².